The Morgan fingerprint density at radius 1 is 1.38 bits per heavy atom. The third kappa shape index (κ3) is 2.52. The first-order chi connectivity index (χ1) is 7.92. The summed E-state index contributed by atoms with van der Waals surface area (Å²) in [5.74, 6) is 0.924. The van der Waals surface area contributed by atoms with E-state index in [0.717, 1.165) is 24.4 Å². The zero-order valence-electron chi connectivity index (χ0n) is 9.26. The molecule has 0 amide bonds. The Hall–Kier alpha value is -1.54. The zero-order chi connectivity index (χ0) is 11.2. The second-order valence-corrected chi connectivity index (χ2v) is 3.66. The van der Waals surface area contributed by atoms with Gasteiger partial charge in [0.05, 0.1) is 13.2 Å². The van der Waals surface area contributed by atoms with Crippen molar-refractivity contribution in [2.45, 2.75) is 12.5 Å². The third-order valence-corrected chi connectivity index (χ3v) is 2.47. The van der Waals surface area contributed by atoms with E-state index in [4.69, 9.17) is 9.47 Å². The fourth-order valence-corrected chi connectivity index (χ4v) is 1.75. The van der Waals surface area contributed by atoms with E-state index in [1.807, 2.05) is 18.2 Å². The number of ether oxygens (including phenoxy) is 2. The second-order valence-electron chi connectivity index (χ2n) is 3.66. The molecule has 84 valence electrons. The second kappa shape index (κ2) is 5.52. The molecule has 0 radical (unpaired) electrons. The SMILES string of the molecule is C=CCOC(C1=CCCO1)c1ccccc1. The molecule has 16 heavy (non-hydrogen) atoms. The van der Waals surface area contributed by atoms with Gasteiger partial charge in [0.1, 0.15) is 11.9 Å². The van der Waals surface area contributed by atoms with Crippen LogP contribution in [0.5, 0.6) is 0 Å². The van der Waals surface area contributed by atoms with Gasteiger partial charge in [0.2, 0.25) is 0 Å². The molecule has 1 aromatic rings. The fourth-order valence-electron chi connectivity index (χ4n) is 1.75. The molecule has 1 aliphatic heterocycles. The predicted molar refractivity (Wildman–Crippen MR) is 64.0 cm³/mol. The van der Waals surface area contributed by atoms with Gasteiger partial charge in [0.15, 0.2) is 0 Å². The van der Waals surface area contributed by atoms with Crippen LogP contribution in [0.25, 0.3) is 0 Å². The summed E-state index contributed by atoms with van der Waals surface area (Å²) in [5, 5.41) is 0. The van der Waals surface area contributed by atoms with Crippen molar-refractivity contribution in [3.8, 4) is 0 Å². The average molecular weight is 216 g/mol. The van der Waals surface area contributed by atoms with Crippen molar-refractivity contribution in [1.29, 1.82) is 0 Å². The number of hydrogen-bond donors (Lipinski definition) is 0. The van der Waals surface area contributed by atoms with Crippen molar-refractivity contribution in [1.82, 2.24) is 0 Å². The molecule has 0 aromatic heterocycles. The molecule has 1 unspecified atom stereocenters. The highest BCUT2D eigenvalue weighted by Crippen LogP contribution is 2.29. The predicted octanol–water partition coefficient (Wildman–Crippen LogP) is 3.23. The minimum absolute atomic E-state index is 0.0956. The Morgan fingerprint density at radius 3 is 2.81 bits per heavy atom. The van der Waals surface area contributed by atoms with Crippen molar-refractivity contribution in [3.63, 3.8) is 0 Å². The van der Waals surface area contributed by atoms with Crippen molar-refractivity contribution >= 4 is 0 Å². The molecule has 0 fully saturated rings. The van der Waals surface area contributed by atoms with Crippen LogP contribution >= 0.6 is 0 Å². The molecule has 2 nitrogen and oxygen atoms in total. The lowest BCUT2D eigenvalue weighted by Crippen LogP contribution is -2.08. The molecule has 0 N–H and O–H groups in total. The van der Waals surface area contributed by atoms with Crippen LogP contribution in [0.15, 0.2) is 54.8 Å². The summed E-state index contributed by atoms with van der Waals surface area (Å²) in [7, 11) is 0. The van der Waals surface area contributed by atoms with Crippen LogP contribution in [-0.4, -0.2) is 13.2 Å². The lowest BCUT2D eigenvalue weighted by molar-refractivity contribution is 0.0523. The largest absolute Gasteiger partial charge is 0.495 e. The lowest BCUT2D eigenvalue weighted by atomic mass is 10.1. The van der Waals surface area contributed by atoms with Gasteiger partial charge in [-0.2, -0.15) is 0 Å². The molecule has 1 aliphatic rings. The van der Waals surface area contributed by atoms with E-state index in [1.165, 1.54) is 0 Å². The maximum absolute atomic E-state index is 5.75. The van der Waals surface area contributed by atoms with Gasteiger partial charge in [0.25, 0.3) is 0 Å². The molecule has 1 atom stereocenters. The normalized spacial score (nSPS) is 16.4. The van der Waals surface area contributed by atoms with E-state index in [-0.39, 0.29) is 6.10 Å². The molecule has 2 heteroatoms. The van der Waals surface area contributed by atoms with Gasteiger partial charge in [-0.05, 0) is 11.6 Å². The summed E-state index contributed by atoms with van der Waals surface area (Å²) in [4.78, 5) is 0. The van der Waals surface area contributed by atoms with Crippen LogP contribution in [0.4, 0.5) is 0 Å². The molecular formula is C14H16O2. The van der Waals surface area contributed by atoms with E-state index in [2.05, 4.69) is 24.8 Å². The molecular weight excluding hydrogens is 200 g/mol. The van der Waals surface area contributed by atoms with Crippen LogP contribution in [0.2, 0.25) is 0 Å². The summed E-state index contributed by atoms with van der Waals surface area (Å²) in [5.41, 5.74) is 1.12. The number of rotatable bonds is 5. The van der Waals surface area contributed by atoms with Gasteiger partial charge in [0, 0.05) is 6.42 Å². The maximum atomic E-state index is 5.75. The van der Waals surface area contributed by atoms with Gasteiger partial charge in [-0.3, -0.25) is 0 Å². The summed E-state index contributed by atoms with van der Waals surface area (Å²) in [6, 6.07) is 10.1. The lowest BCUT2D eigenvalue weighted by Gasteiger charge is -2.18. The van der Waals surface area contributed by atoms with E-state index in [9.17, 15) is 0 Å². The third-order valence-electron chi connectivity index (χ3n) is 2.47. The van der Waals surface area contributed by atoms with Crippen LogP contribution in [0.1, 0.15) is 18.1 Å². The highest BCUT2D eigenvalue weighted by Gasteiger charge is 2.20. The number of hydrogen-bond acceptors (Lipinski definition) is 2. The number of benzene rings is 1. The minimum atomic E-state index is -0.0956. The highest BCUT2D eigenvalue weighted by atomic mass is 16.5. The van der Waals surface area contributed by atoms with Gasteiger partial charge < -0.3 is 9.47 Å². The summed E-state index contributed by atoms with van der Waals surface area (Å²) >= 11 is 0. The molecule has 1 aromatic carbocycles. The van der Waals surface area contributed by atoms with Crippen molar-refractivity contribution in [2.24, 2.45) is 0 Å². The van der Waals surface area contributed by atoms with E-state index >= 15 is 0 Å². The Morgan fingerprint density at radius 2 is 2.19 bits per heavy atom. The fraction of sp³-hybridized carbons (Fsp3) is 0.286. The molecule has 0 aliphatic carbocycles. The summed E-state index contributed by atoms with van der Waals surface area (Å²) < 4.78 is 11.3. The summed E-state index contributed by atoms with van der Waals surface area (Å²) in [6.07, 6.45) is 4.73. The van der Waals surface area contributed by atoms with E-state index in [0.29, 0.717) is 6.61 Å². The quantitative estimate of drug-likeness (QED) is 0.703. The minimum Gasteiger partial charge on any atom is -0.495 e. The standard InChI is InChI=1S/C14H16O2/c1-2-10-16-14(13-9-6-11-15-13)12-7-4-3-5-8-12/h2-5,7-9,14H,1,6,10-11H2. The first kappa shape index (κ1) is 11.0. The van der Waals surface area contributed by atoms with Crippen LogP contribution < -0.4 is 0 Å². The molecule has 0 saturated heterocycles. The van der Waals surface area contributed by atoms with Gasteiger partial charge in [-0.15, -0.1) is 6.58 Å². The van der Waals surface area contributed by atoms with Crippen molar-refractivity contribution in [3.05, 3.63) is 60.4 Å². The highest BCUT2D eigenvalue weighted by molar-refractivity contribution is 5.25. The first-order valence-electron chi connectivity index (χ1n) is 5.52. The van der Waals surface area contributed by atoms with Crippen molar-refractivity contribution in [2.75, 3.05) is 13.2 Å². The smallest absolute Gasteiger partial charge is 0.140 e. The Bertz CT molecular complexity index is 368. The molecule has 0 saturated carbocycles. The topological polar surface area (TPSA) is 18.5 Å². The average Bonchev–Trinajstić information content (AvgIpc) is 2.85. The van der Waals surface area contributed by atoms with Crippen LogP contribution in [0.3, 0.4) is 0 Å². The van der Waals surface area contributed by atoms with Crippen LogP contribution in [-0.2, 0) is 9.47 Å². The van der Waals surface area contributed by atoms with Crippen molar-refractivity contribution < 1.29 is 9.47 Å². The maximum Gasteiger partial charge on any atom is 0.140 e. The van der Waals surface area contributed by atoms with E-state index < -0.39 is 0 Å². The molecule has 0 bridgehead atoms. The Labute approximate surface area is 96.2 Å². The van der Waals surface area contributed by atoms with Gasteiger partial charge >= 0.3 is 0 Å². The zero-order valence-corrected chi connectivity index (χ0v) is 9.26. The van der Waals surface area contributed by atoms with E-state index in [1.54, 1.807) is 6.08 Å². The Balaban J connectivity index is 2.17. The van der Waals surface area contributed by atoms with Gasteiger partial charge in [-0.1, -0.05) is 36.4 Å². The monoisotopic (exact) mass is 216 g/mol. The Kier molecular flexibility index (Phi) is 3.78. The van der Waals surface area contributed by atoms with Gasteiger partial charge in [-0.25, -0.2) is 0 Å². The van der Waals surface area contributed by atoms with Crippen LogP contribution in [0, 0.1) is 0 Å². The molecule has 0 spiro atoms. The summed E-state index contributed by atoms with van der Waals surface area (Å²) in [6.45, 7) is 4.96. The molecule has 2 rings (SSSR count). The first-order valence-corrected chi connectivity index (χ1v) is 5.52. The molecule has 1 heterocycles.